The number of nitrogens with one attached hydrogen (secondary N) is 1. The molecule has 0 saturated heterocycles. The number of benzene rings is 1. The Morgan fingerprint density at radius 1 is 1.22 bits per heavy atom. The molecule has 1 N–H and O–H groups in total. The summed E-state index contributed by atoms with van der Waals surface area (Å²) in [6.07, 6.45) is 3.28. The quantitative estimate of drug-likeness (QED) is 0.748. The van der Waals surface area contributed by atoms with Gasteiger partial charge < -0.3 is 5.32 Å². The van der Waals surface area contributed by atoms with Crippen molar-refractivity contribution in [3.8, 4) is 0 Å². The van der Waals surface area contributed by atoms with Gasteiger partial charge in [-0.1, -0.05) is 56.1 Å². The summed E-state index contributed by atoms with van der Waals surface area (Å²) >= 11 is 12.2. The summed E-state index contributed by atoms with van der Waals surface area (Å²) < 4.78 is 0. The maximum Gasteiger partial charge on any atom is 0.0624 e. The standard InChI is InChI=1S/C15H23Cl2N/c1-4-18-13(10-11(2)3)9-8-12-6-5-7-14(16)15(12)17/h5-7,11,13,18H,4,8-10H2,1-3H3. The zero-order valence-corrected chi connectivity index (χ0v) is 13.0. The van der Waals surface area contributed by atoms with Gasteiger partial charge in [0.15, 0.2) is 0 Å². The van der Waals surface area contributed by atoms with E-state index in [-0.39, 0.29) is 0 Å². The predicted octanol–water partition coefficient (Wildman–Crippen LogP) is 4.95. The molecular weight excluding hydrogens is 265 g/mol. The van der Waals surface area contributed by atoms with Crippen LogP contribution in [0.25, 0.3) is 0 Å². The molecule has 0 aliphatic rings. The number of aryl methyl sites for hydroxylation is 1. The Balaban J connectivity index is 2.58. The van der Waals surface area contributed by atoms with Crippen LogP contribution in [0.5, 0.6) is 0 Å². The maximum atomic E-state index is 6.21. The summed E-state index contributed by atoms with van der Waals surface area (Å²) in [5.41, 5.74) is 1.15. The van der Waals surface area contributed by atoms with Gasteiger partial charge in [0.2, 0.25) is 0 Å². The van der Waals surface area contributed by atoms with Crippen molar-refractivity contribution < 1.29 is 0 Å². The lowest BCUT2D eigenvalue weighted by Crippen LogP contribution is -2.30. The van der Waals surface area contributed by atoms with Crippen LogP contribution in [0.3, 0.4) is 0 Å². The first-order valence-electron chi connectivity index (χ1n) is 6.70. The minimum absolute atomic E-state index is 0.560. The molecule has 1 unspecified atom stereocenters. The molecule has 0 amide bonds. The fourth-order valence-corrected chi connectivity index (χ4v) is 2.65. The van der Waals surface area contributed by atoms with E-state index in [9.17, 15) is 0 Å². The van der Waals surface area contributed by atoms with Gasteiger partial charge in [0, 0.05) is 6.04 Å². The Morgan fingerprint density at radius 2 is 1.94 bits per heavy atom. The van der Waals surface area contributed by atoms with E-state index in [1.807, 2.05) is 12.1 Å². The van der Waals surface area contributed by atoms with Crippen LogP contribution in [-0.2, 0) is 6.42 Å². The highest BCUT2D eigenvalue weighted by molar-refractivity contribution is 6.42. The summed E-state index contributed by atoms with van der Waals surface area (Å²) in [5, 5.41) is 4.90. The van der Waals surface area contributed by atoms with Crippen LogP contribution in [0.1, 0.15) is 39.2 Å². The lowest BCUT2D eigenvalue weighted by Gasteiger charge is -2.20. The monoisotopic (exact) mass is 287 g/mol. The van der Waals surface area contributed by atoms with Gasteiger partial charge >= 0.3 is 0 Å². The first-order valence-corrected chi connectivity index (χ1v) is 7.46. The largest absolute Gasteiger partial charge is 0.314 e. The minimum atomic E-state index is 0.560. The predicted molar refractivity (Wildman–Crippen MR) is 81.7 cm³/mol. The Hall–Kier alpha value is -0.240. The molecule has 1 rings (SSSR count). The molecule has 0 saturated carbocycles. The third-order valence-corrected chi connectivity index (χ3v) is 3.90. The minimum Gasteiger partial charge on any atom is -0.314 e. The van der Waals surface area contributed by atoms with Crippen molar-refractivity contribution in [2.24, 2.45) is 5.92 Å². The second-order valence-electron chi connectivity index (χ2n) is 5.14. The highest BCUT2D eigenvalue weighted by Gasteiger charge is 2.11. The van der Waals surface area contributed by atoms with E-state index < -0.39 is 0 Å². The molecule has 0 aromatic heterocycles. The van der Waals surface area contributed by atoms with Crippen LogP contribution < -0.4 is 5.32 Å². The van der Waals surface area contributed by atoms with E-state index in [2.05, 4.69) is 32.2 Å². The molecule has 0 bridgehead atoms. The van der Waals surface area contributed by atoms with Crippen molar-refractivity contribution in [2.45, 2.75) is 46.1 Å². The van der Waals surface area contributed by atoms with Crippen LogP contribution in [0.15, 0.2) is 18.2 Å². The van der Waals surface area contributed by atoms with Gasteiger partial charge in [0.1, 0.15) is 0 Å². The summed E-state index contributed by atoms with van der Waals surface area (Å²) in [6.45, 7) is 7.69. The number of halogens is 2. The van der Waals surface area contributed by atoms with E-state index in [1.54, 1.807) is 0 Å². The molecule has 1 aromatic rings. The third-order valence-electron chi connectivity index (χ3n) is 3.04. The molecule has 3 heteroatoms. The van der Waals surface area contributed by atoms with E-state index in [1.165, 1.54) is 6.42 Å². The van der Waals surface area contributed by atoms with Crippen molar-refractivity contribution in [1.29, 1.82) is 0 Å². The summed E-state index contributed by atoms with van der Waals surface area (Å²) in [6, 6.07) is 6.43. The first-order chi connectivity index (χ1) is 8.54. The molecule has 0 heterocycles. The van der Waals surface area contributed by atoms with Crippen LogP contribution in [0.2, 0.25) is 10.0 Å². The van der Waals surface area contributed by atoms with Gasteiger partial charge in [-0.05, 0) is 43.4 Å². The lowest BCUT2D eigenvalue weighted by molar-refractivity contribution is 0.405. The first kappa shape index (κ1) is 15.8. The van der Waals surface area contributed by atoms with Crippen molar-refractivity contribution in [1.82, 2.24) is 5.32 Å². The molecular formula is C15H23Cl2N. The van der Waals surface area contributed by atoms with Gasteiger partial charge in [-0.3, -0.25) is 0 Å². The van der Waals surface area contributed by atoms with Crippen molar-refractivity contribution in [3.05, 3.63) is 33.8 Å². The highest BCUT2D eigenvalue weighted by Crippen LogP contribution is 2.27. The number of hydrogen-bond donors (Lipinski definition) is 1. The summed E-state index contributed by atoms with van der Waals surface area (Å²) in [5.74, 6) is 0.712. The molecule has 18 heavy (non-hydrogen) atoms. The second-order valence-corrected chi connectivity index (χ2v) is 5.92. The van der Waals surface area contributed by atoms with Crippen LogP contribution in [0, 0.1) is 5.92 Å². The van der Waals surface area contributed by atoms with Gasteiger partial charge in [-0.15, -0.1) is 0 Å². The highest BCUT2D eigenvalue weighted by atomic mass is 35.5. The molecule has 0 aliphatic carbocycles. The van der Waals surface area contributed by atoms with Crippen LogP contribution >= 0.6 is 23.2 Å². The average molecular weight is 288 g/mol. The van der Waals surface area contributed by atoms with Crippen LogP contribution in [0.4, 0.5) is 0 Å². The Bertz CT molecular complexity index is 364. The van der Waals surface area contributed by atoms with Crippen molar-refractivity contribution in [3.63, 3.8) is 0 Å². The molecule has 1 atom stereocenters. The van der Waals surface area contributed by atoms with Crippen LogP contribution in [-0.4, -0.2) is 12.6 Å². The Morgan fingerprint density at radius 3 is 2.56 bits per heavy atom. The summed E-state index contributed by atoms with van der Waals surface area (Å²) in [7, 11) is 0. The van der Waals surface area contributed by atoms with Crippen molar-refractivity contribution in [2.75, 3.05) is 6.54 Å². The van der Waals surface area contributed by atoms with E-state index >= 15 is 0 Å². The SMILES string of the molecule is CCNC(CCc1cccc(Cl)c1Cl)CC(C)C. The van der Waals surface area contributed by atoms with E-state index in [0.717, 1.165) is 24.9 Å². The smallest absolute Gasteiger partial charge is 0.0624 e. The van der Waals surface area contributed by atoms with Gasteiger partial charge in [0.05, 0.1) is 10.0 Å². The molecule has 0 fully saturated rings. The topological polar surface area (TPSA) is 12.0 Å². The van der Waals surface area contributed by atoms with Crippen molar-refractivity contribution >= 4 is 23.2 Å². The van der Waals surface area contributed by atoms with E-state index in [0.29, 0.717) is 22.0 Å². The molecule has 102 valence electrons. The molecule has 0 radical (unpaired) electrons. The van der Waals surface area contributed by atoms with Gasteiger partial charge in [-0.2, -0.15) is 0 Å². The normalized spacial score (nSPS) is 13.0. The molecule has 0 aliphatic heterocycles. The average Bonchev–Trinajstić information content (AvgIpc) is 2.30. The lowest BCUT2D eigenvalue weighted by atomic mass is 9.97. The fourth-order valence-electron chi connectivity index (χ4n) is 2.23. The maximum absolute atomic E-state index is 6.21. The second kappa shape index (κ2) is 8.04. The number of rotatable bonds is 7. The molecule has 1 aromatic carbocycles. The Labute approximate surface area is 121 Å². The third kappa shape index (κ3) is 5.17. The summed E-state index contributed by atoms with van der Waals surface area (Å²) in [4.78, 5) is 0. The van der Waals surface area contributed by atoms with Gasteiger partial charge in [0.25, 0.3) is 0 Å². The van der Waals surface area contributed by atoms with Gasteiger partial charge in [-0.25, -0.2) is 0 Å². The van der Waals surface area contributed by atoms with E-state index in [4.69, 9.17) is 23.2 Å². The number of hydrogen-bond acceptors (Lipinski definition) is 1. The molecule has 0 spiro atoms. The zero-order valence-electron chi connectivity index (χ0n) is 11.5. The Kier molecular flexibility index (Phi) is 7.06. The zero-order chi connectivity index (χ0) is 13.5. The molecule has 1 nitrogen and oxygen atoms in total. The fraction of sp³-hybridized carbons (Fsp3) is 0.600.